The minimum atomic E-state index is -0.0987. The number of amides is 1. The van der Waals surface area contributed by atoms with Crippen LogP contribution in [0.1, 0.15) is 35.4 Å². The van der Waals surface area contributed by atoms with Crippen molar-refractivity contribution in [3.63, 3.8) is 0 Å². The van der Waals surface area contributed by atoms with Crippen LogP contribution in [0.5, 0.6) is 17.2 Å². The number of aryl methyl sites for hydroxylation is 2. The van der Waals surface area contributed by atoms with Crippen LogP contribution in [0, 0.1) is 0 Å². The van der Waals surface area contributed by atoms with Crippen LogP contribution in [0.25, 0.3) is 11.0 Å². The highest BCUT2D eigenvalue weighted by Crippen LogP contribution is 2.20. The Morgan fingerprint density at radius 1 is 0.861 bits per heavy atom. The molecule has 0 spiro atoms. The first-order chi connectivity index (χ1) is 17.7. The van der Waals surface area contributed by atoms with Crippen molar-refractivity contribution in [3.8, 4) is 17.2 Å². The molecule has 0 unspecified atom stereocenters. The molecule has 7 heteroatoms. The standard InChI is InChI=1S/C29H33N3O4/c1-34-23-11-7-10-22(20-23)29(33)30-17-9-16-28-31-26-14-3-4-15-27(26)32(28)18-5-6-19-36-25-13-8-12-24(21-25)35-2/h3-4,7-8,10-15,20-21H,5-6,9,16-19H2,1-2H3,(H,30,33). The smallest absolute Gasteiger partial charge is 0.251 e. The van der Waals surface area contributed by atoms with Gasteiger partial charge in [-0.25, -0.2) is 4.98 Å². The summed E-state index contributed by atoms with van der Waals surface area (Å²) < 4.78 is 18.6. The highest BCUT2D eigenvalue weighted by atomic mass is 16.5. The third-order valence-corrected chi connectivity index (χ3v) is 6.01. The average Bonchev–Trinajstić information content (AvgIpc) is 3.28. The molecule has 0 aliphatic heterocycles. The second kappa shape index (κ2) is 12.6. The van der Waals surface area contributed by atoms with Crippen molar-refractivity contribution >= 4 is 16.9 Å². The molecular weight excluding hydrogens is 454 g/mol. The lowest BCUT2D eigenvalue weighted by atomic mass is 10.2. The van der Waals surface area contributed by atoms with Crippen molar-refractivity contribution in [1.29, 1.82) is 0 Å². The quantitative estimate of drug-likeness (QED) is 0.260. The molecule has 1 N–H and O–H groups in total. The van der Waals surface area contributed by atoms with E-state index in [2.05, 4.69) is 16.0 Å². The number of fused-ring (bicyclic) bond motifs is 1. The van der Waals surface area contributed by atoms with Gasteiger partial charge in [-0.3, -0.25) is 4.79 Å². The number of imidazole rings is 1. The van der Waals surface area contributed by atoms with E-state index in [0.29, 0.717) is 24.5 Å². The minimum absolute atomic E-state index is 0.0987. The number of hydrogen-bond donors (Lipinski definition) is 1. The topological polar surface area (TPSA) is 74.6 Å². The zero-order valence-electron chi connectivity index (χ0n) is 20.9. The van der Waals surface area contributed by atoms with E-state index in [1.165, 1.54) is 0 Å². The fourth-order valence-corrected chi connectivity index (χ4v) is 4.13. The van der Waals surface area contributed by atoms with E-state index in [0.717, 1.165) is 60.6 Å². The summed E-state index contributed by atoms with van der Waals surface area (Å²) in [5, 5.41) is 3.00. The Balaban J connectivity index is 1.28. The van der Waals surface area contributed by atoms with E-state index < -0.39 is 0 Å². The van der Waals surface area contributed by atoms with E-state index in [4.69, 9.17) is 19.2 Å². The predicted molar refractivity (Wildman–Crippen MR) is 141 cm³/mol. The van der Waals surface area contributed by atoms with Gasteiger partial charge < -0.3 is 24.1 Å². The van der Waals surface area contributed by atoms with Gasteiger partial charge in [0.1, 0.15) is 23.1 Å². The molecule has 0 atom stereocenters. The number of aromatic nitrogens is 2. The minimum Gasteiger partial charge on any atom is -0.497 e. The van der Waals surface area contributed by atoms with Crippen LogP contribution in [0.4, 0.5) is 0 Å². The number of unbranched alkanes of at least 4 members (excludes halogenated alkanes) is 1. The molecule has 188 valence electrons. The van der Waals surface area contributed by atoms with Gasteiger partial charge in [0.2, 0.25) is 0 Å². The second-order valence-electron chi connectivity index (χ2n) is 8.49. The molecule has 0 bridgehead atoms. The van der Waals surface area contributed by atoms with E-state index in [-0.39, 0.29) is 5.91 Å². The van der Waals surface area contributed by atoms with E-state index in [9.17, 15) is 4.79 Å². The van der Waals surface area contributed by atoms with Gasteiger partial charge in [-0.2, -0.15) is 0 Å². The van der Waals surface area contributed by atoms with Gasteiger partial charge in [-0.05, 0) is 61.7 Å². The van der Waals surface area contributed by atoms with Crippen LogP contribution in [-0.4, -0.2) is 42.8 Å². The Morgan fingerprint density at radius 2 is 1.61 bits per heavy atom. The van der Waals surface area contributed by atoms with Gasteiger partial charge >= 0.3 is 0 Å². The van der Waals surface area contributed by atoms with Crippen molar-refractivity contribution in [1.82, 2.24) is 14.9 Å². The number of rotatable bonds is 13. The number of methoxy groups -OCH3 is 2. The lowest BCUT2D eigenvalue weighted by Gasteiger charge is -2.11. The van der Waals surface area contributed by atoms with E-state index in [1.807, 2.05) is 54.6 Å². The number of nitrogens with one attached hydrogen (secondary N) is 1. The number of ether oxygens (including phenoxy) is 3. The van der Waals surface area contributed by atoms with Crippen molar-refractivity contribution in [2.75, 3.05) is 27.4 Å². The van der Waals surface area contributed by atoms with Gasteiger partial charge in [0.25, 0.3) is 5.91 Å². The lowest BCUT2D eigenvalue weighted by Crippen LogP contribution is -2.25. The van der Waals surface area contributed by atoms with Crippen LogP contribution in [-0.2, 0) is 13.0 Å². The Kier molecular flexibility index (Phi) is 8.81. The van der Waals surface area contributed by atoms with Gasteiger partial charge in [-0.15, -0.1) is 0 Å². The largest absolute Gasteiger partial charge is 0.497 e. The number of benzene rings is 3. The molecule has 0 aliphatic carbocycles. The first-order valence-electron chi connectivity index (χ1n) is 12.3. The van der Waals surface area contributed by atoms with Gasteiger partial charge in [0.05, 0.1) is 31.9 Å². The zero-order chi connectivity index (χ0) is 25.2. The van der Waals surface area contributed by atoms with Crippen LogP contribution in [0.3, 0.4) is 0 Å². The normalized spacial score (nSPS) is 10.8. The van der Waals surface area contributed by atoms with Crippen LogP contribution in [0.2, 0.25) is 0 Å². The summed E-state index contributed by atoms with van der Waals surface area (Å²) in [7, 11) is 3.25. The zero-order valence-corrected chi connectivity index (χ0v) is 20.9. The molecular formula is C29H33N3O4. The van der Waals surface area contributed by atoms with Gasteiger partial charge in [-0.1, -0.05) is 24.3 Å². The van der Waals surface area contributed by atoms with Crippen molar-refractivity contribution < 1.29 is 19.0 Å². The second-order valence-corrected chi connectivity index (χ2v) is 8.49. The summed E-state index contributed by atoms with van der Waals surface area (Å²) in [6, 6.07) is 23.1. The Labute approximate surface area is 212 Å². The third kappa shape index (κ3) is 6.56. The molecule has 0 fully saturated rings. The molecule has 36 heavy (non-hydrogen) atoms. The maximum atomic E-state index is 12.5. The Bertz CT molecular complexity index is 1280. The van der Waals surface area contributed by atoms with Gasteiger partial charge in [0.15, 0.2) is 0 Å². The predicted octanol–water partition coefficient (Wildman–Crippen LogP) is 5.28. The fraction of sp³-hybridized carbons (Fsp3) is 0.310. The highest BCUT2D eigenvalue weighted by Gasteiger charge is 2.11. The monoisotopic (exact) mass is 487 g/mol. The molecule has 0 saturated carbocycles. The van der Waals surface area contributed by atoms with Crippen LogP contribution < -0.4 is 19.5 Å². The molecule has 4 rings (SSSR count). The van der Waals surface area contributed by atoms with E-state index in [1.54, 1.807) is 26.4 Å². The molecule has 0 saturated heterocycles. The van der Waals surface area contributed by atoms with Crippen molar-refractivity contribution in [2.24, 2.45) is 0 Å². The molecule has 4 aromatic rings. The van der Waals surface area contributed by atoms with Crippen molar-refractivity contribution in [3.05, 3.63) is 84.2 Å². The number of nitrogens with zero attached hydrogens (tertiary/aromatic N) is 2. The average molecular weight is 488 g/mol. The first-order valence-corrected chi connectivity index (χ1v) is 12.3. The SMILES string of the molecule is COc1cccc(OCCCCn2c(CCCNC(=O)c3cccc(OC)c3)nc3ccccc32)c1. The molecule has 1 heterocycles. The maximum absolute atomic E-state index is 12.5. The molecule has 7 nitrogen and oxygen atoms in total. The Hall–Kier alpha value is -4.00. The molecule has 1 amide bonds. The number of carbonyl (C=O) groups is 1. The fourth-order valence-electron chi connectivity index (χ4n) is 4.13. The van der Waals surface area contributed by atoms with E-state index >= 15 is 0 Å². The lowest BCUT2D eigenvalue weighted by molar-refractivity contribution is 0.0952. The first kappa shape index (κ1) is 25.1. The third-order valence-electron chi connectivity index (χ3n) is 6.01. The molecule has 3 aromatic carbocycles. The van der Waals surface area contributed by atoms with Crippen molar-refractivity contribution in [2.45, 2.75) is 32.2 Å². The summed E-state index contributed by atoms with van der Waals surface area (Å²) >= 11 is 0. The summed E-state index contributed by atoms with van der Waals surface area (Å²) in [5.74, 6) is 3.23. The molecule has 0 aliphatic rings. The maximum Gasteiger partial charge on any atom is 0.251 e. The molecule has 0 radical (unpaired) electrons. The van der Waals surface area contributed by atoms with Crippen LogP contribution in [0.15, 0.2) is 72.8 Å². The molecule has 1 aromatic heterocycles. The number of hydrogen-bond acceptors (Lipinski definition) is 5. The highest BCUT2D eigenvalue weighted by molar-refractivity contribution is 5.94. The summed E-state index contributed by atoms with van der Waals surface area (Å²) in [6.07, 6.45) is 3.50. The van der Waals surface area contributed by atoms with Crippen LogP contribution >= 0.6 is 0 Å². The summed E-state index contributed by atoms with van der Waals surface area (Å²) in [4.78, 5) is 17.3. The van der Waals surface area contributed by atoms with Gasteiger partial charge in [0, 0.05) is 31.1 Å². The number of carbonyl (C=O) groups excluding carboxylic acids is 1. The summed E-state index contributed by atoms with van der Waals surface area (Å²) in [5.41, 5.74) is 2.74. The number of para-hydroxylation sites is 2. The Morgan fingerprint density at radius 3 is 2.44 bits per heavy atom. The summed E-state index contributed by atoms with van der Waals surface area (Å²) in [6.45, 7) is 2.09.